The van der Waals surface area contributed by atoms with E-state index in [1.807, 2.05) is 0 Å². The van der Waals surface area contributed by atoms with Gasteiger partial charge in [0, 0.05) is 58.7 Å². The number of anilines is 2. The van der Waals surface area contributed by atoms with Crippen molar-refractivity contribution in [1.82, 2.24) is 25.3 Å². The van der Waals surface area contributed by atoms with Crippen LogP contribution < -0.4 is 15.1 Å². The Hall–Kier alpha value is -6.24. The summed E-state index contributed by atoms with van der Waals surface area (Å²) in [6, 6.07) is 25.1. The number of carbonyl (C=O) groups excluding carboxylic acids is 4. The first-order valence-electron chi connectivity index (χ1n) is 20.4. The number of nitrogens with one attached hydrogen (secondary N) is 1. The zero-order valence-corrected chi connectivity index (χ0v) is 38.9. The number of Topliss-reactive ketones (excluding diaryl/α,β-unsaturated/α-hetero) is 1. The number of alkyl halides is 6. The molecule has 5 amide bonds. The zero-order chi connectivity index (χ0) is 50.3. The van der Waals surface area contributed by atoms with Gasteiger partial charge < -0.3 is 19.5 Å². The van der Waals surface area contributed by atoms with Gasteiger partial charge in [-0.2, -0.15) is 26.3 Å². The smallest absolute Gasteiger partial charge is 0.413 e. The van der Waals surface area contributed by atoms with Crippen molar-refractivity contribution in [2.45, 2.75) is 25.4 Å². The fourth-order valence-corrected chi connectivity index (χ4v) is 9.60. The summed E-state index contributed by atoms with van der Waals surface area (Å²) in [7, 11) is -6.36. The molecule has 2 fully saturated rings. The summed E-state index contributed by atoms with van der Waals surface area (Å²) in [5, 5.41) is 8.20. The Morgan fingerprint density at radius 1 is 0.638 bits per heavy atom. The van der Waals surface area contributed by atoms with Crippen molar-refractivity contribution in [3.05, 3.63) is 130 Å². The van der Waals surface area contributed by atoms with Crippen molar-refractivity contribution in [3.8, 4) is 11.5 Å². The van der Waals surface area contributed by atoms with Crippen LogP contribution in [0.2, 0.25) is 10.0 Å². The predicted molar refractivity (Wildman–Crippen MR) is 241 cm³/mol. The molecule has 2 saturated heterocycles. The quantitative estimate of drug-likeness (QED) is 0.109. The van der Waals surface area contributed by atoms with E-state index in [4.69, 9.17) is 23.2 Å². The molecule has 4 aromatic carbocycles. The lowest BCUT2D eigenvalue weighted by molar-refractivity contribution is -0.173. The molecular weight excluding hydrogens is 1010 g/mol. The first kappa shape index (κ1) is 52.1. The summed E-state index contributed by atoms with van der Waals surface area (Å²) in [4.78, 5) is 55.4. The highest BCUT2D eigenvalue weighted by molar-refractivity contribution is 7.91. The number of benzene rings is 4. The Morgan fingerprint density at radius 2 is 1.09 bits per heavy atom. The Morgan fingerprint density at radius 3 is 1.49 bits per heavy atom. The van der Waals surface area contributed by atoms with Crippen LogP contribution in [0.3, 0.4) is 0 Å². The minimum absolute atomic E-state index is 0.00971. The second-order valence-corrected chi connectivity index (χ2v) is 20.7. The standard InChI is InChI=1S/C22H21ClF3N3O5S.C21H18ClF3N4O4S/c23-18-12-15(19(30)13-27-20(31)22(24,25)26)6-7-16(18)14-29(17-4-2-1-3-5-17)21(32)28-8-10-35(33,34)11-9-28;22-17-12-14(18-26-27-19(33-18)21(23,24)25)6-7-15(17)13-29(16-4-2-1-3-5-16)20(30)28-8-10-34(31,32)11-9-28/h1-7,12H,8-11,13-14H2,(H,27,31);1-7,12H,8-11,13H2. The monoisotopic (exact) mass is 1050 g/mol. The number of carbonyl (C=O) groups is 4. The highest BCUT2D eigenvalue weighted by Gasteiger charge is 2.39. The highest BCUT2D eigenvalue weighted by atomic mass is 35.5. The fourth-order valence-electron chi connectivity index (χ4n) is 6.72. The molecule has 2 aliphatic heterocycles. The van der Waals surface area contributed by atoms with E-state index >= 15 is 0 Å². The molecule has 0 atom stereocenters. The highest BCUT2D eigenvalue weighted by Crippen LogP contribution is 2.33. The van der Waals surface area contributed by atoms with E-state index in [-0.39, 0.29) is 95.4 Å². The normalized spacial score (nSPS) is 15.6. The molecule has 0 spiro atoms. The van der Waals surface area contributed by atoms with Crippen LogP contribution in [0.4, 0.5) is 47.3 Å². The third kappa shape index (κ3) is 13.9. The van der Waals surface area contributed by atoms with E-state index in [1.165, 1.54) is 55.2 Å². The molecule has 0 bridgehead atoms. The predicted octanol–water partition coefficient (Wildman–Crippen LogP) is 7.32. The number of nitrogens with zero attached hydrogens (tertiary/aromatic N) is 6. The molecule has 69 heavy (non-hydrogen) atoms. The molecule has 26 heteroatoms. The second-order valence-electron chi connectivity index (χ2n) is 15.3. The first-order chi connectivity index (χ1) is 32.4. The van der Waals surface area contributed by atoms with Crippen LogP contribution in [-0.2, 0) is 43.7 Å². The lowest BCUT2D eigenvalue weighted by atomic mass is 10.1. The molecule has 7 rings (SSSR count). The van der Waals surface area contributed by atoms with E-state index in [1.54, 1.807) is 66.7 Å². The van der Waals surface area contributed by atoms with Crippen molar-refractivity contribution in [2.75, 3.05) is 65.5 Å². The molecule has 1 N–H and O–H groups in total. The first-order valence-corrected chi connectivity index (χ1v) is 24.8. The van der Waals surface area contributed by atoms with Crippen LogP contribution in [-0.4, -0.2) is 122 Å². The largest absolute Gasteiger partial charge is 0.471 e. The number of rotatable bonds is 10. The summed E-state index contributed by atoms with van der Waals surface area (Å²) in [6.07, 6.45) is -9.87. The van der Waals surface area contributed by atoms with Gasteiger partial charge in [0.1, 0.15) is 0 Å². The molecule has 0 unspecified atom stereocenters. The van der Waals surface area contributed by atoms with Crippen LogP contribution in [0.5, 0.6) is 0 Å². The van der Waals surface area contributed by atoms with Crippen LogP contribution in [0, 0.1) is 0 Å². The van der Waals surface area contributed by atoms with Gasteiger partial charge in [0.05, 0.1) is 42.6 Å². The van der Waals surface area contributed by atoms with Gasteiger partial charge in [0.25, 0.3) is 0 Å². The molecule has 0 saturated carbocycles. The van der Waals surface area contributed by atoms with Crippen LogP contribution in [0.15, 0.2) is 101 Å². The number of amides is 5. The number of para-hydroxylation sites is 2. The summed E-state index contributed by atoms with van der Waals surface area (Å²) in [5.74, 6) is -5.30. The number of sulfone groups is 2. The van der Waals surface area contributed by atoms with E-state index in [9.17, 15) is 62.4 Å². The van der Waals surface area contributed by atoms with Gasteiger partial charge in [-0.3, -0.25) is 19.4 Å². The molecule has 1 aromatic heterocycles. The molecule has 16 nitrogen and oxygen atoms in total. The fraction of sp³-hybridized carbons (Fsp3) is 0.302. The van der Waals surface area contributed by atoms with E-state index in [2.05, 4.69) is 14.6 Å². The van der Waals surface area contributed by atoms with Crippen LogP contribution in [0.1, 0.15) is 27.4 Å². The maximum absolute atomic E-state index is 13.3. The van der Waals surface area contributed by atoms with Gasteiger partial charge in [-0.15, -0.1) is 10.2 Å². The lowest BCUT2D eigenvalue weighted by Crippen LogP contribution is -2.49. The Balaban J connectivity index is 0.000000227. The average molecular weight is 1050 g/mol. The minimum atomic E-state index is -5.10. The third-order valence-electron chi connectivity index (χ3n) is 10.5. The summed E-state index contributed by atoms with van der Waals surface area (Å²) in [5.41, 5.74) is 2.26. The third-order valence-corrected chi connectivity index (χ3v) is 14.4. The summed E-state index contributed by atoms with van der Waals surface area (Å²) in [6.45, 7) is -0.566. The molecule has 3 heterocycles. The van der Waals surface area contributed by atoms with Gasteiger partial charge in [0.15, 0.2) is 25.5 Å². The number of ketones is 1. The molecular formula is C43H39Cl2F6N7O9S2. The Bertz CT molecular complexity index is 2890. The number of aromatic nitrogens is 2. The molecule has 2 aliphatic rings. The van der Waals surface area contributed by atoms with Crippen molar-refractivity contribution < 1.29 is 66.8 Å². The maximum atomic E-state index is 13.3. The van der Waals surface area contributed by atoms with Crippen molar-refractivity contribution in [2.24, 2.45) is 0 Å². The summed E-state index contributed by atoms with van der Waals surface area (Å²) < 4.78 is 127. The number of hydrogen-bond acceptors (Lipinski definition) is 11. The summed E-state index contributed by atoms with van der Waals surface area (Å²) >= 11 is 12.7. The number of hydrogen-bond donors (Lipinski definition) is 1. The number of halogens is 8. The van der Waals surface area contributed by atoms with Gasteiger partial charge in [-0.25, -0.2) is 26.4 Å². The van der Waals surface area contributed by atoms with Gasteiger partial charge in [-0.1, -0.05) is 77.8 Å². The Labute approximate surface area is 400 Å². The van der Waals surface area contributed by atoms with Gasteiger partial charge >= 0.3 is 36.2 Å². The van der Waals surface area contributed by atoms with E-state index in [0.29, 0.717) is 22.5 Å². The molecule has 0 aliphatic carbocycles. The topological polar surface area (TPSA) is 200 Å². The average Bonchev–Trinajstić information content (AvgIpc) is 3.82. The Kier molecular flexibility index (Phi) is 16.3. The van der Waals surface area contributed by atoms with Crippen molar-refractivity contribution >= 4 is 78.0 Å². The molecule has 5 aromatic rings. The second kappa shape index (κ2) is 21.6. The van der Waals surface area contributed by atoms with Crippen LogP contribution in [0.25, 0.3) is 11.5 Å². The maximum Gasteiger partial charge on any atom is 0.471 e. The SMILES string of the molecule is O=C(CNC(=O)C(F)(F)F)c1ccc(CN(C(=O)N2CCS(=O)(=O)CC2)c2ccccc2)c(Cl)c1.O=C(N1CCS(=O)(=O)CC1)N(Cc1ccc(-c2nnc(C(F)(F)F)o2)cc1Cl)c1ccccc1. The van der Waals surface area contributed by atoms with E-state index in [0.717, 1.165) is 0 Å². The molecule has 0 radical (unpaired) electrons. The van der Waals surface area contributed by atoms with Crippen molar-refractivity contribution in [3.63, 3.8) is 0 Å². The molecule has 368 valence electrons. The number of urea groups is 2. The van der Waals surface area contributed by atoms with Gasteiger partial charge in [-0.05, 0) is 53.6 Å². The van der Waals surface area contributed by atoms with E-state index < -0.39 is 62.2 Å². The van der Waals surface area contributed by atoms with Crippen LogP contribution >= 0.6 is 23.2 Å². The minimum Gasteiger partial charge on any atom is -0.413 e. The van der Waals surface area contributed by atoms with Crippen molar-refractivity contribution in [1.29, 1.82) is 0 Å². The zero-order valence-electron chi connectivity index (χ0n) is 35.7. The lowest BCUT2D eigenvalue weighted by Gasteiger charge is -2.33. The van der Waals surface area contributed by atoms with Gasteiger partial charge in [0.2, 0.25) is 5.89 Å².